The van der Waals surface area contributed by atoms with E-state index >= 15 is 0 Å². The lowest BCUT2D eigenvalue weighted by Gasteiger charge is -2.32. The van der Waals surface area contributed by atoms with Crippen molar-refractivity contribution in [3.8, 4) is 0 Å². The molecule has 0 saturated carbocycles. The average molecular weight is 261 g/mol. The third-order valence-electron chi connectivity index (χ3n) is 3.27. The maximum Gasteiger partial charge on any atom is 0.126 e. The van der Waals surface area contributed by atoms with Gasteiger partial charge >= 0.3 is 0 Å². The van der Waals surface area contributed by atoms with E-state index in [1.807, 2.05) is 13.8 Å². The first kappa shape index (κ1) is 14.5. The molecule has 2 unspecified atom stereocenters. The Kier molecular flexibility index (Phi) is 4.98. The van der Waals surface area contributed by atoms with E-state index in [1.54, 1.807) is 18.0 Å². The molecule has 0 aliphatic rings. The molecule has 1 heterocycles. The number of aryl methyl sites for hydroxylation is 1. The number of hydrogen-bond acceptors (Lipinski definition) is 3. The maximum atomic E-state index is 10.4. The lowest BCUT2D eigenvalue weighted by Crippen LogP contribution is -2.36. The lowest BCUT2D eigenvalue weighted by atomic mass is 9.93. The van der Waals surface area contributed by atoms with Crippen molar-refractivity contribution in [3.05, 3.63) is 16.9 Å². The Balaban J connectivity index is 3.09. The minimum Gasteiger partial charge on any atom is -0.384 e. The van der Waals surface area contributed by atoms with Gasteiger partial charge in [0.25, 0.3) is 0 Å². The van der Waals surface area contributed by atoms with Crippen LogP contribution >= 0.6 is 11.6 Å². The molecule has 1 N–H and O–H groups in total. The van der Waals surface area contributed by atoms with Crippen molar-refractivity contribution in [1.82, 2.24) is 9.78 Å². The van der Waals surface area contributed by atoms with E-state index in [4.69, 9.17) is 16.3 Å². The number of nitrogens with zero attached hydrogens (tertiary/aromatic N) is 2. The molecule has 0 aliphatic carbocycles. The standard InChI is InChI=1S/C12H21ClN2O2/c1-5-7-15-10(9(13)8-14-15)11(16)12(3,6-2)17-4/h8,11,16H,5-7H2,1-4H3. The quantitative estimate of drug-likeness (QED) is 0.856. The second-order valence-electron chi connectivity index (χ2n) is 4.37. The molecular formula is C12H21ClN2O2. The molecule has 0 spiro atoms. The smallest absolute Gasteiger partial charge is 0.126 e. The zero-order valence-corrected chi connectivity index (χ0v) is 11.7. The Labute approximate surface area is 108 Å². The number of methoxy groups -OCH3 is 1. The number of ether oxygens (including phenoxy) is 1. The molecule has 1 rings (SSSR count). The largest absolute Gasteiger partial charge is 0.384 e. The van der Waals surface area contributed by atoms with Crippen LogP contribution in [0.25, 0.3) is 0 Å². The zero-order valence-electron chi connectivity index (χ0n) is 10.9. The Morgan fingerprint density at radius 3 is 2.71 bits per heavy atom. The fourth-order valence-corrected chi connectivity index (χ4v) is 2.02. The third-order valence-corrected chi connectivity index (χ3v) is 3.57. The SMILES string of the molecule is CCCn1ncc(Cl)c1C(O)C(C)(CC)OC. The predicted octanol–water partition coefficient (Wildman–Crippen LogP) is 2.80. The Morgan fingerprint density at radius 2 is 2.24 bits per heavy atom. The summed E-state index contributed by atoms with van der Waals surface area (Å²) in [5.41, 5.74) is -0.00506. The van der Waals surface area contributed by atoms with Crippen LogP contribution < -0.4 is 0 Å². The van der Waals surface area contributed by atoms with Crippen molar-refractivity contribution in [2.45, 2.75) is 51.9 Å². The van der Waals surface area contributed by atoms with Gasteiger partial charge in [-0.25, -0.2) is 0 Å². The summed E-state index contributed by atoms with van der Waals surface area (Å²) in [7, 11) is 1.60. The monoisotopic (exact) mass is 260 g/mol. The van der Waals surface area contributed by atoms with Crippen molar-refractivity contribution in [1.29, 1.82) is 0 Å². The normalized spacial score (nSPS) is 16.8. The summed E-state index contributed by atoms with van der Waals surface area (Å²) in [5, 5.41) is 15.1. The highest BCUT2D eigenvalue weighted by Gasteiger charge is 2.35. The Bertz CT molecular complexity index is 361. The fourth-order valence-electron chi connectivity index (χ4n) is 1.77. The lowest BCUT2D eigenvalue weighted by molar-refractivity contribution is -0.0974. The third kappa shape index (κ3) is 2.81. The highest BCUT2D eigenvalue weighted by atomic mass is 35.5. The van der Waals surface area contributed by atoms with Gasteiger partial charge in [0.05, 0.1) is 22.5 Å². The van der Waals surface area contributed by atoms with Crippen LogP contribution in [-0.2, 0) is 11.3 Å². The van der Waals surface area contributed by atoms with E-state index in [9.17, 15) is 5.11 Å². The molecule has 98 valence electrons. The number of aliphatic hydroxyl groups is 1. The van der Waals surface area contributed by atoms with Crippen LogP contribution in [0.15, 0.2) is 6.20 Å². The molecule has 0 bridgehead atoms. The average Bonchev–Trinajstić information content (AvgIpc) is 2.69. The van der Waals surface area contributed by atoms with Crippen LogP contribution in [0.4, 0.5) is 0 Å². The molecule has 0 saturated heterocycles. The van der Waals surface area contributed by atoms with Crippen LogP contribution in [0.5, 0.6) is 0 Å². The zero-order chi connectivity index (χ0) is 13.1. The highest BCUT2D eigenvalue weighted by molar-refractivity contribution is 6.31. The molecule has 1 aromatic heterocycles. The van der Waals surface area contributed by atoms with E-state index in [-0.39, 0.29) is 0 Å². The molecule has 0 amide bonds. The van der Waals surface area contributed by atoms with Gasteiger partial charge in [0.15, 0.2) is 0 Å². The second-order valence-corrected chi connectivity index (χ2v) is 4.78. The predicted molar refractivity (Wildman–Crippen MR) is 68.2 cm³/mol. The highest BCUT2D eigenvalue weighted by Crippen LogP contribution is 2.35. The van der Waals surface area contributed by atoms with Crippen molar-refractivity contribution < 1.29 is 9.84 Å². The van der Waals surface area contributed by atoms with Crippen molar-refractivity contribution in [2.24, 2.45) is 0 Å². The number of aliphatic hydroxyl groups excluding tert-OH is 1. The molecule has 2 atom stereocenters. The number of aromatic nitrogens is 2. The first-order valence-electron chi connectivity index (χ1n) is 5.94. The first-order valence-corrected chi connectivity index (χ1v) is 6.32. The molecule has 0 fully saturated rings. The van der Waals surface area contributed by atoms with Gasteiger partial charge in [-0.2, -0.15) is 5.10 Å². The summed E-state index contributed by atoms with van der Waals surface area (Å²) in [6.45, 7) is 6.64. The van der Waals surface area contributed by atoms with Crippen molar-refractivity contribution >= 4 is 11.6 Å². The Hall–Kier alpha value is -0.580. The molecule has 4 nitrogen and oxygen atoms in total. The van der Waals surface area contributed by atoms with Gasteiger partial charge in [0.1, 0.15) is 6.10 Å². The van der Waals surface area contributed by atoms with Gasteiger partial charge in [-0.1, -0.05) is 25.4 Å². The van der Waals surface area contributed by atoms with Gasteiger partial charge in [0.2, 0.25) is 0 Å². The minimum absolute atomic E-state index is 0.489. The summed E-state index contributed by atoms with van der Waals surface area (Å²) >= 11 is 6.10. The van der Waals surface area contributed by atoms with Gasteiger partial charge < -0.3 is 9.84 Å². The molecular weight excluding hydrogens is 240 g/mol. The number of hydrogen-bond donors (Lipinski definition) is 1. The topological polar surface area (TPSA) is 47.3 Å². The minimum atomic E-state index is -0.779. The van der Waals surface area contributed by atoms with Crippen LogP contribution in [0, 0.1) is 0 Å². The van der Waals surface area contributed by atoms with Crippen LogP contribution in [-0.4, -0.2) is 27.6 Å². The van der Waals surface area contributed by atoms with Gasteiger partial charge in [-0.3, -0.25) is 4.68 Å². The van der Waals surface area contributed by atoms with Gasteiger partial charge in [-0.05, 0) is 19.8 Å². The van der Waals surface area contributed by atoms with E-state index in [2.05, 4.69) is 12.0 Å². The van der Waals surface area contributed by atoms with E-state index in [0.29, 0.717) is 17.1 Å². The maximum absolute atomic E-state index is 10.4. The summed E-state index contributed by atoms with van der Waals surface area (Å²) in [4.78, 5) is 0. The fraction of sp³-hybridized carbons (Fsp3) is 0.750. The molecule has 0 aromatic carbocycles. The molecule has 0 radical (unpaired) electrons. The summed E-state index contributed by atoms with van der Waals surface area (Å²) < 4.78 is 7.16. The van der Waals surface area contributed by atoms with Crippen LogP contribution in [0.2, 0.25) is 5.02 Å². The van der Waals surface area contributed by atoms with E-state index in [0.717, 1.165) is 13.0 Å². The van der Waals surface area contributed by atoms with E-state index < -0.39 is 11.7 Å². The van der Waals surface area contributed by atoms with Crippen molar-refractivity contribution in [3.63, 3.8) is 0 Å². The van der Waals surface area contributed by atoms with Gasteiger partial charge in [0, 0.05) is 13.7 Å². The van der Waals surface area contributed by atoms with Crippen molar-refractivity contribution in [2.75, 3.05) is 7.11 Å². The first-order chi connectivity index (χ1) is 8.00. The molecule has 17 heavy (non-hydrogen) atoms. The number of halogens is 1. The Morgan fingerprint density at radius 1 is 1.59 bits per heavy atom. The van der Waals surface area contributed by atoms with E-state index in [1.165, 1.54) is 0 Å². The van der Waals surface area contributed by atoms with Crippen LogP contribution in [0.1, 0.15) is 45.4 Å². The second kappa shape index (κ2) is 5.85. The molecule has 0 aliphatic heterocycles. The number of rotatable bonds is 6. The van der Waals surface area contributed by atoms with Gasteiger partial charge in [-0.15, -0.1) is 0 Å². The molecule has 1 aromatic rings. The summed E-state index contributed by atoms with van der Waals surface area (Å²) in [6.07, 6.45) is 2.42. The molecule has 5 heteroatoms. The summed E-state index contributed by atoms with van der Waals surface area (Å²) in [5.74, 6) is 0. The summed E-state index contributed by atoms with van der Waals surface area (Å²) in [6, 6.07) is 0. The van der Waals surface area contributed by atoms with Crippen LogP contribution in [0.3, 0.4) is 0 Å².